The third kappa shape index (κ3) is 3.93. The highest BCUT2D eigenvalue weighted by molar-refractivity contribution is 5.96. The molecular weight excluding hydrogens is 212 g/mol. The zero-order valence-corrected chi connectivity index (χ0v) is 10.3. The predicted molar refractivity (Wildman–Crippen MR) is 69.7 cm³/mol. The fourth-order valence-electron chi connectivity index (χ4n) is 1.44. The lowest BCUT2D eigenvalue weighted by atomic mass is 10.0. The van der Waals surface area contributed by atoms with Crippen molar-refractivity contribution < 1.29 is 4.79 Å². The number of hydrogen-bond acceptors (Lipinski definition) is 2. The molecule has 0 aliphatic rings. The first kappa shape index (κ1) is 13.3. The summed E-state index contributed by atoms with van der Waals surface area (Å²) in [5, 5.41) is 2.85. The van der Waals surface area contributed by atoms with E-state index in [0.29, 0.717) is 18.7 Å². The summed E-state index contributed by atoms with van der Waals surface area (Å²) < 4.78 is 0. The minimum Gasteiger partial charge on any atom is -0.352 e. The molecule has 90 valence electrons. The molecule has 3 heteroatoms. The summed E-state index contributed by atoms with van der Waals surface area (Å²) >= 11 is 0. The van der Waals surface area contributed by atoms with Crippen LogP contribution in [0.3, 0.4) is 0 Å². The number of benzene rings is 1. The van der Waals surface area contributed by atoms with Gasteiger partial charge >= 0.3 is 0 Å². The van der Waals surface area contributed by atoms with E-state index in [9.17, 15) is 4.79 Å². The van der Waals surface area contributed by atoms with Crippen LogP contribution in [0.25, 0.3) is 0 Å². The van der Waals surface area contributed by atoms with Crippen LogP contribution in [0.1, 0.15) is 34.8 Å². The minimum absolute atomic E-state index is 0.0758. The van der Waals surface area contributed by atoms with Gasteiger partial charge in [-0.05, 0) is 31.0 Å². The Hall–Kier alpha value is -1.79. The van der Waals surface area contributed by atoms with Crippen LogP contribution in [0.4, 0.5) is 0 Å². The number of carbonyl (C=O) groups excluding carboxylic acids is 1. The molecule has 0 saturated heterocycles. The monoisotopic (exact) mass is 230 g/mol. The van der Waals surface area contributed by atoms with Gasteiger partial charge in [0.05, 0.1) is 12.1 Å². The number of hydrogen-bond donors (Lipinski definition) is 2. The highest BCUT2D eigenvalue weighted by atomic mass is 16.1. The maximum absolute atomic E-state index is 11.9. The lowest BCUT2D eigenvalue weighted by Crippen LogP contribution is -2.24. The van der Waals surface area contributed by atoms with Gasteiger partial charge < -0.3 is 11.1 Å². The molecule has 0 spiro atoms. The van der Waals surface area contributed by atoms with Crippen LogP contribution in [0.5, 0.6) is 0 Å². The average molecular weight is 230 g/mol. The Kier molecular flexibility index (Phi) is 5.25. The van der Waals surface area contributed by atoms with Crippen LogP contribution >= 0.6 is 0 Å². The van der Waals surface area contributed by atoms with Crippen molar-refractivity contribution in [2.75, 3.05) is 13.1 Å². The molecule has 3 nitrogen and oxygen atoms in total. The first-order valence-corrected chi connectivity index (χ1v) is 5.76. The van der Waals surface area contributed by atoms with Gasteiger partial charge in [-0.1, -0.05) is 24.8 Å². The summed E-state index contributed by atoms with van der Waals surface area (Å²) in [6.45, 7) is 4.96. The summed E-state index contributed by atoms with van der Waals surface area (Å²) in [6.07, 6.45) is 0.918. The molecule has 0 unspecified atom stereocenters. The van der Waals surface area contributed by atoms with Gasteiger partial charge in [-0.15, -0.1) is 0 Å². The van der Waals surface area contributed by atoms with Crippen LogP contribution in [0, 0.1) is 18.8 Å². The maximum Gasteiger partial charge on any atom is 0.252 e. The maximum atomic E-state index is 11.9. The van der Waals surface area contributed by atoms with Crippen LogP contribution in [0.15, 0.2) is 18.2 Å². The van der Waals surface area contributed by atoms with Crippen molar-refractivity contribution in [1.29, 1.82) is 0 Å². The van der Waals surface area contributed by atoms with Gasteiger partial charge in [0.2, 0.25) is 0 Å². The Bertz CT molecular complexity index is 455. The van der Waals surface area contributed by atoms with Gasteiger partial charge in [-0.2, -0.15) is 0 Å². The number of aryl methyl sites for hydroxylation is 1. The van der Waals surface area contributed by atoms with E-state index in [-0.39, 0.29) is 5.91 Å². The molecule has 0 atom stereocenters. The first-order chi connectivity index (χ1) is 8.19. The topological polar surface area (TPSA) is 55.1 Å². The number of carbonyl (C=O) groups is 1. The van der Waals surface area contributed by atoms with E-state index in [1.54, 1.807) is 6.07 Å². The van der Waals surface area contributed by atoms with Crippen molar-refractivity contribution in [1.82, 2.24) is 5.32 Å². The van der Waals surface area contributed by atoms with E-state index in [2.05, 4.69) is 17.2 Å². The second-order valence-corrected chi connectivity index (χ2v) is 3.81. The normalized spacial score (nSPS) is 9.35. The number of rotatable bonds is 3. The molecule has 0 aliphatic carbocycles. The van der Waals surface area contributed by atoms with Gasteiger partial charge in [0.1, 0.15) is 0 Å². The minimum atomic E-state index is -0.0758. The summed E-state index contributed by atoms with van der Waals surface area (Å²) in [6, 6.07) is 5.62. The van der Waals surface area contributed by atoms with Gasteiger partial charge in [0.15, 0.2) is 0 Å². The number of nitrogens with two attached hydrogens (primary N) is 1. The third-order valence-electron chi connectivity index (χ3n) is 2.28. The van der Waals surface area contributed by atoms with Crippen molar-refractivity contribution in [3.8, 4) is 11.8 Å². The van der Waals surface area contributed by atoms with Crippen molar-refractivity contribution >= 4 is 5.91 Å². The van der Waals surface area contributed by atoms with Crippen molar-refractivity contribution in [3.63, 3.8) is 0 Å². The quantitative estimate of drug-likeness (QED) is 0.772. The average Bonchev–Trinajstić information content (AvgIpc) is 2.33. The van der Waals surface area contributed by atoms with E-state index in [1.807, 2.05) is 26.0 Å². The zero-order chi connectivity index (χ0) is 12.7. The van der Waals surface area contributed by atoms with E-state index >= 15 is 0 Å². The number of amides is 1. The zero-order valence-electron chi connectivity index (χ0n) is 10.3. The molecule has 0 heterocycles. The van der Waals surface area contributed by atoms with Crippen LogP contribution in [-0.2, 0) is 0 Å². The molecule has 1 aromatic rings. The fraction of sp³-hybridized carbons (Fsp3) is 0.357. The lowest BCUT2D eigenvalue weighted by Gasteiger charge is -2.06. The number of nitrogens with one attached hydrogen (secondary N) is 1. The Labute approximate surface area is 102 Å². The summed E-state index contributed by atoms with van der Waals surface area (Å²) in [5.74, 6) is 5.64. The Morgan fingerprint density at radius 2 is 2.24 bits per heavy atom. The summed E-state index contributed by atoms with van der Waals surface area (Å²) in [4.78, 5) is 11.9. The third-order valence-corrected chi connectivity index (χ3v) is 2.28. The Morgan fingerprint density at radius 3 is 2.88 bits per heavy atom. The highest BCUT2D eigenvalue weighted by Crippen LogP contribution is 2.10. The summed E-state index contributed by atoms with van der Waals surface area (Å²) in [5.41, 5.74) is 7.78. The van der Waals surface area contributed by atoms with Crippen molar-refractivity contribution in [3.05, 3.63) is 34.9 Å². The van der Waals surface area contributed by atoms with Crippen molar-refractivity contribution in [2.45, 2.75) is 20.3 Å². The molecule has 1 aromatic carbocycles. The molecule has 1 rings (SSSR count). The fourth-order valence-corrected chi connectivity index (χ4v) is 1.44. The van der Waals surface area contributed by atoms with E-state index in [0.717, 1.165) is 17.5 Å². The second kappa shape index (κ2) is 6.72. The van der Waals surface area contributed by atoms with Gasteiger partial charge in [-0.25, -0.2) is 0 Å². The Morgan fingerprint density at radius 1 is 1.47 bits per heavy atom. The van der Waals surface area contributed by atoms with E-state index in [4.69, 9.17) is 5.73 Å². The molecule has 0 aromatic heterocycles. The van der Waals surface area contributed by atoms with E-state index in [1.165, 1.54) is 0 Å². The molecule has 0 bridgehead atoms. The smallest absolute Gasteiger partial charge is 0.252 e. The van der Waals surface area contributed by atoms with Crippen LogP contribution in [-0.4, -0.2) is 19.0 Å². The SMILES string of the molecule is CCCNC(=O)c1ccc(C)cc1C#CCN. The summed E-state index contributed by atoms with van der Waals surface area (Å²) in [7, 11) is 0. The second-order valence-electron chi connectivity index (χ2n) is 3.81. The first-order valence-electron chi connectivity index (χ1n) is 5.76. The van der Waals surface area contributed by atoms with Gasteiger partial charge in [-0.3, -0.25) is 4.79 Å². The Balaban J connectivity index is 3.01. The molecule has 3 N–H and O–H groups in total. The molecule has 0 fully saturated rings. The van der Waals surface area contributed by atoms with Gasteiger partial charge in [0, 0.05) is 12.1 Å². The van der Waals surface area contributed by atoms with E-state index < -0.39 is 0 Å². The molecule has 1 amide bonds. The standard InChI is InChI=1S/C14H18N2O/c1-3-9-16-14(17)13-7-6-11(2)10-12(13)5-4-8-15/h6-7,10H,3,8-9,15H2,1-2H3,(H,16,17). The molecular formula is C14H18N2O. The van der Waals surface area contributed by atoms with Crippen LogP contribution < -0.4 is 11.1 Å². The van der Waals surface area contributed by atoms with Crippen molar-refractivity contribution in [2.24, 2.45) is 5.73 Å². The molecule has 0 aliphatic heterocycles. The predicted octanol–water partition coefficient (Wildman–Crippen LogP) is 1.45. The molecule has 0 radical (unpaired) electrons. The van der Waals surface area contributed by atoms with Crippen LogP contribution in [0.2, 0.25) is 0 Å². The van der Waals surface area contributed by atoms with Gasteiger partial charge in [0.25, 0.3) is 5.91 Å². The molecule has 17 heavy (non-hydrogen) atoms. The highest BCUT2D eigenvalue weighted by Gasteiger charge is 2.09. The lowest BCUT2D eigenvalue weighted by molar-refractivity contribution is 0.0953. The molecule has 0 saturated carbocycles. The largest absolute Gasteiger partial charge is 0.352 e.